The van der Waals surface area contributed by atoms with Crippen LogP contribution in [0.25, 0.3) is 11.1 Å². The Kier molecular flexibility index (Phi) is 12.5. The summed E-state index contributed by atoms with van der Waals surface area (Å²) in [5.41, 5.74) is 2.84. The zero-order chi connectivity index (χ0) is 23.0. The number of unbranched alkanes of at least 4 members (excludes halogenated alkanes) is 1. The fourth-order valence-corrected chi connectivity index (χ4v) is 4.75. The van der Waals surface area contributed by atoms with Gasteiger partial charge >= 0.3 is 0 Å². The Balaban J connectivity index is 0.00000216. The number of halogens is 4. The van der Waals surface area contributed by atoms with E-state index in [1.807, 2.05) is 30.3 Å². The fraction of sp³-hybridized carbons (Fsp3) is 0.615. The Morgan fingerprint density at radius 2 is 1.74 bits per heavy atom. The molecular weight excluding hydrogens is 495 g/mol. The minimum Gasteiger partial charge on any atom is -0.490 e. The molecule has 0 radical (unpaired) electrons. The lowest BCUT2D eigenvalue weighted by Crippen LogP contribution is -2.46. The topological polar surface area (TPSA) is 56.3 Å². The summed E-state index contributed by atoms with van der Waals surface area (Å²) in [6, 6.07) is 9.95. The van der Waals surface area contributed by atoms with E-state index in [0.717, 1.165) is 54.7 Å². The van der Waals surface area contributed by atoms with Gasteiger partial charge in [-0.1, -0.05) is 31.9 Å². The lowest BCUT2D eigenvalue weighted by molar-refractivity contribution is -0.0135. The summed E-state index contributed by atoms with van der Waals surface area (Å²) in [7, 11) is 0. The molecule has 2 aliphatic rings. The Morgan fingerprint density at radius 3 is 2.43 bits per heavy atom. The van der Waals surface area contributed by atoms with Crippen LogP contribution in [0.2, 0.25) is 0 Å². The number of hydrogen-bond acceptors (Lipinski definition) is 5. The number of benzene rings is 1. The van der Waals surface area contributed by atoms with Gasteiger partial charge in [-0.2, -0.15) is 5.10 Å². The molecule has 9 heteroatoms. The highest BCUT2D eigenvalue weighted by Gasteiger charge is 2.34. The fourth-order valence-electron chi connectivity index (χ4n) is 4.75. The maximum Gasteiger partial charge on any atom is 0.245 e. The maximum absolute atomic E-state index is 13.5. The van der Waals surface area contributed by atoms with Crippen molar-refractivity contribution < 1.29 is 18.3 Å². The predicted molar refractivity (Wildman–Crippen MR) is 139 cm³/mol. The number of rotatable bonds is 9. The quantitative estimate of drug-likeness (QED) is 0.391. The highest BCUT2D eigenvalue weighted by Crippen LogP contribution is 2.31. The minimum absolute atomic E-state index is 0. The average molecular weight is 533 g/mol. The molecule has 2 atom stereocenters. The Labute approximate surface area is 219 Å². The van der Waals surface area contributed by atoms with E-state index in [1.165, 1.54) is 19.3 Å². The molecule has 5 nitrogen and oxygen atoms in total. The molecular formula is C26H37Cl2F2N3O2. The van der Waals surface area contributed by atoms with Crippen molar-refractivity contribution in [1.82, 2.24) is 15.5 Å². The standard InChI is InChI=1S/C26H35F2N3O2.2ClH/c1-2-3-9-23-22(18-10-12-20(13-11-18)32-19-7-5-4-6-8-19)16-25(31-30-23)33-24-17-29-15-14-21(24)26(27)28;;/h10-13,16,19,21,24,26,29H,2-9,14-15,17H2,1H3;2*1H/t21-,24-;;/m0../s1. The Bertz CT molecular complexity index is 883. The molecule has 1 aliphatic heterocycles. The second-order valence-corrected chi connectivity index (χ2v) is 9.20. The van der Waals surface area contributed by atoms with Gasteiger partial charge in [-0.05, 0) is 69.2 Å². The summed E-state index contributed by atoms with van der Waals surface area (Å²) in [4.78, 5) is 0. The first kappa shape index (κ1) is 29.5. The number of aromatic nitrogens is 2. The van der Waals surface area contributed by atoms with Gasteiger partial charge in [0.2, 0.25) is 12.3 Å². The van der Waals surface area contributed by atoms with Gasteiger partial charge in [-0.3, -0.25) is 0 Å². The van der Waals surface area contributed by atoms with Crippen molar-refractivity contribution in [3.63, 3.8) is 0 Å². The van der Waals surface area contributed by atoms with E-state index in [2.05, 4.69) is 22.4 Å². The molecule has 0 spiro atoms. The lowest BCUT2D eigenvalue weighted by Gasteiger charge is -2.31. The summed E-state index contributed by atoms with van der Waals surface area (Å²) >= 11 is 0. The molecule has 1 N–H and O–H groups in total. The van der Waals surface area contributed by atoms with E-state index in [0.29, 0.717) is 31.5 Å². The second-order valence-electron chi connectivity index (χ2n) is 9.20. The second kappa shape index (κ2) is 14.8. The van der Waals surface area contributed by atoms with Gasteiger partial charge in [0.25, 0.3) is 0 Å². The maximum atomic E-state index is 13.5. The molecule has 2 heterocycles. The first-order chi connectivity index (χ1) is 16.1. The van der Waals surface area contributed by atoms with Gasteiger partial charge in [0.1, 0.15) is 11.9 Å². The van der Waals surface area contributed by atoms with Crippen LogP contribution in [-0.4, -0.2) is 41.9 Å². The Hall–Kier alpha value is -1.70. The van der Waals surface area contributed by atoms with E-state index >= 15 is 0 Å². The molecule has 0 unspecified atom stereocenters. The molecule has 0 bridgehead atoms. The van der Waals surface area contributed by atoms with Crippen molar-refractivity contribution in [2.24, 2.45) is 5.92 Å². The van der Waals surface area contributed by atoms with E-state index in [4.69, 9.17) is 9.47 Å². The van der Waals surface area contributed by atoms with Crippen LogP contribution in [0, 0.1) is 5.92 Å². The number of nitrogens with zero attached hydrogens (tertiary/aromatic N) is 2. The zero-order valence-corrected chi connectivity index (χ0v) is 21.9. The van der Waals surface area contributed by atoms with Crippen molar-refractivity contribution in [3.05, 3.63) is 36.0 Å². The number of hydrogen-bond donors (Lipinski definition) is 1. The summed E-state index contributed by atoms with van der Waals surface area (Å²) in [6.07, 6.45) is 6.54. The Morgan fingerprint density at radius 1 is 1.00 bits per heavy atom. The van der Waals surface area contributed by atoms with Crippen LogP contribution in [0.4, 0.5) is 8.78 Å². The van der Waals surface area contributed by atoms with Crippen LogP contribution < -0.4 is 14.8 Å². The highest BCUT2D eigenvalue weighted by atomic mass is 35.5. The third-order valence-corrected chi connectivity index (χ3v) is 6.71. The summed E-state index contributed by atoms with van der Waals surface area (Å²) in [6.45, 7) is 3.11. The van der Waals surface area contributed by atoms with Crippen LogP contribution in [0.5, 0.6) is 11.6 Å². The van der Waals surface area contributed by atoms with Crippen LogP contribution >= 0.6 is 24.8 Å². The number of ether oxygens (including phenoxy) is 2. The molecule has 1 saturated carbocycles. The summed E-state index contributed by atoms with van der Waals surface area (Å²) < 4.78 is 39.0. The van der Waals surface area contributed by atoms with Gasteiger partial charge in [-0.15, -0.1) is 29.9 Å². The van der Waals surface area contributed by atoms with Crippen LogP contribution in [-0.2, 0) is 6.42 Å². The third-order valence-electron chi connectivity index (χ3n) is 6.71. The third kappa shape index (κ3) is 8.16. The molecule has 2 aromatic rings. The first-order valence-corrected chi connectivity index (χ1v) is 12.4. The summed E-state index contributed by atoms with van der Waals surface area (Å²) in [5, 5.41) is 11.8. The zero-order valence-electron chi connectivity index (χ0n) is 20.3. The first-order valence-electron chi connectivity index (χ1n) is 12.4. The predicted octanol–water partition coefficient (Wildman–Crippen LogP) is 6.66. The van der Waals surface area contributed by atoms with Gasteiger partial charge in [0.15, 0.2) is 0 Å². The minimum atomic E-state index is -2.41. The highest BCUT2D eigenvalue weighted by molar-refractivity contribution is 5.85. The number of piperidine rings is 1. The molecule has 2 fully saturated rings. The van der Waals surface area contributed by atoms with Gasteiger partial charge < -0.3 is 14.8 Å². The smallest absolute Gasteiger partial charge is 0.245 e. The molecule has 4 rings (SSSR count). The number of aryl methyl sites for hydroxylation is 1. The summed E-state index contributed by atoms with van der Waals surface area (Å²) in [5.74, 6) is 0.381. The normalized spacial score (nSPS) is 20.6. The molecule has 1 aromatic carbocycles. The van der Waals surface area contributed by atoms with E-state index in [9.17, 15) is 8.78 Å². The SMILES string of the molecule is CCCCc1nnc(O[C@H]2CNCC[C@@H]2C(F)F)cc1-c1ccc(OC2CCCCC2)cc1.Cl.Cl. The van der Waals surface area contributed by atoms with Crippen LogP contribution in [0.3, 0.4) is 0 Å². The van der Waals surface area contributed by atoms with Crippen molar-refractivity contribution in [2.45, 2.75) is 83.3 Å². The van der Waals surface area contributed by atoms with Crippen LogP contribution in [0.1, 0.15) is 64.0 Å². The van der Waals surface area contributed by atoms with Gasteiger partial charge in [-0.25, -0.2) is 8.78 Å². The number of nitrogens with one attached hydrogen (secondary N) is 1. The van der Waals surface area contributed by atoms with Gasteiger partial charge in [0, 0.05) is 18.2 Å². The van der Waals surface area contributed by atoms with E-state index in [-0.39, 0.29) is 24.8 Å². The van der Waals surface area contributed by atoms with Crippen molar-refractivity contribution in [1.29, 1.82) is 0 Å². The lowest BCUT2D eigenvalue weighted by atomic mass is 9.95. The van der Waals surface area contributed by atoms with Crippen molar-refractivity contribution in [2.75, 3.05) is 13.1 Å². The molecule has 35 heavy (non-hydrogen) atoms. The van der Waals surface area contributed by atoms with Gasteiger partial charge in [0.05, 0.1) is 17.7 Å². The molecule has 1 aliphatic carbocycles. The molecule has 0 amide bonds. The van der Waals surface area contributed by atoms with E-state index < -0.39 is 18.4 Å². The number of alkyl halides is 2. The molecule has 1 aromatic heterocycles. The molecule has 196 valence electrons. The average Bonchev–Trinajstić information content (AvgIpc) is 2.84. The largest absolute Gasteiger partial charge is 0.490 e. The monoisotopic (exact) mass is 531 g/mol. The van der Waals surface area contributed by atoms with Crippen LogP contribution in [0.15, 0.2) is 30.3 Å². The molecule has 1 saturated heterocycles. The van der Waals surface area contributed by atoms with Crippen molar-refractivity contribution >= 4 is 24.8 Å². The van der Waals surface area contributed by atoms with Crippen molar-refractivity contribution in [3.8, 4) is 22.8 Å². The van der Waals surface area contributed by atoms with E-state index in [1.54, 1.807) is 0 Å².